The third kappa shape index (κ3) is 7.47. The lowest BCUT2D eigenvalue weighted by Crippen LogP contribution is -2.25. The molecule has 0 amide bonds. The van der Waals surface area contributed by atoms with Crippen LogP contribution in [-0.4, -0.2) is 12.2 Å². The van der Waals surface area contributed by atoms with E-state index in [4.69, 9.17) is 4.74 Å². The van der Waals surface area contributed by atoms with E-state index >= 15 is 0 Å². The highest BCUT2D eigenvalue weighted by Gasteiger charge is 2.19. The van der Waals surface area contributed by atoms with Crippen molar-refractivity contribution < 1.29 is 4.74 Å². The van der Waals surface area contributed by atoms with Gasteiger partial charge >= 0.3 is 0 Å². The van der Waals surface area contributed by atoms with Crippen molar-refractivity contribution >= 4 is 6.08 Å². The molecule has 0 heterocycles. The first kappa shape index (κ1) is 19.4. The lowest BCUT2D eigenvalue weighted by molar-refractivity contribution is 0.0182. The van der Waals surface area contributed by atoms with Gasteiger partial charge in [0, 0.05) is 0 Å². The molecule has 0 saturated carbocycles. The van der Waals surface area contributed by atoms with Crippen LogP contribution in [0.5, 0.6) is 0 Å². The zero-order valence-corrected chi connectivity index (χ0v) is 15.3. The van der Waals surface area contributed by atoms with E-state index in [9.17, 15) is 0 Å². The fraction of sp³-hybridized carbons (Fsp3) is 0.455. The van der Waals surface area contributed by atoms with Gasteiger partial charge in [0.15, 0.2) is 0 Å². The Labute approximate surface area is 142 Å². The minimum atomic E-state index is -0.263. The van der Waals surface area contributed by atoms with Crippen molar-refractivity contribution in [1.82, 2.24) is 0 Å². The van der Waals surface area contributed by atoms with Crippen LogP contribution in [0.25, 0.3) is 6.08 Å². The van der Waals surface area contributed by atoms with Gasteiger partial charge in [-0.25, -0.2) is 0 Å². The molecule has 0 aliphatic rings. The fourth-order valence-corrected chi connectivity index (χ4v) is 2.27. The zero-order valence-electron chi connectivity index (χ0n) is 15.3. The molecule has 0 aromatic heterocycles. The predicted molar refractivity (Wildman–Crippen MR) is 103 cm³/mol. The average Bonchev–Trinajstić information content (AvgIpc) is 2.59. The topological polar surface area (TPSA) is 9.23 Å². The Morgan fingerprint density at radius 2 is 1.91 bits per heavy atom. The number of ether oxygens (including phenoxy) is 1. The summed E-state index contributed by atoms with van der Waals surface area (Å²) in [5.74, 6) is 0. The first-order chi connectivity index (χ1) is 11.0. The van der Waals surface area contributed by atoms with Crippen molar-refractivity contribution in [3.8, 4) is 0 Å². The number of hydrogen-bond acceptors (Lipinski definition) is 1. The van der Waals surface area contributed by atoms with Crippen LogP contribution in [0.4, 0.5) is 0 Å². The van der Waals surface area contributed by atoms with Crippen LogP contribution in [-0.2, 0) is 11.2 Å². The first-order valence-electron chi connectivity index (χ1n) is 8.71. The smallest absolute Gasteiger partial charge is 0.0839 e. The SMILES string of the molecule is C=CC(C)(CC/C=C(\C)CC)OC/C=C/c1ccc(CC)cc1. The molecule has 1 nitrogen and oxygen atoms in total. The van der Waals surface area contributed by atoms with Crippen LogP contribution >= 0.6 is 0 Å². The molecule has 1 heteroatoms. The summed E-state index contributed by atoms with van der Waals surface area (Å²) in [6.07, 6.45) is 12.6. The Hall–Kier alpha value is -1.60. The molecule has 0 N–H and O–H groups in total. The van der Waals surface area contributed by atoms with Crippen LogP contribution in [0.1, 0.15) is 58.1 Å². The van der Waals surface area contributed by atoms with Gasteiger partial charge in [-0.1, -0.05) is 68.0 Å². The van der Waals surface area contributed by atoms with Gasteiger partial charge in [0.1, 0.15) is 0 Å². The standard InChI is InChI=1S/C22H32O/c1-6-19(4)11-9-17-22(5,8-3)23-18-10-12-21-15-13-20(7-2)14-16-21/h8,10-16H,3,6-7,9,17-18H2,1-2,4-5H3/b12-10+,19-11+. The molecule has 0 radical (unpaired) electrons. The Kier molecular flexibility index (Phi) is 8.65. The molecule has 23 heavy (non-hydrogen) atoms. The van der Waals surface area contributed by atoms with Gasteiger partial charge in [0.25, 0.3) is 0 Å². The normalized spacial score (nSPS) is 14.9. The summed E-state index contributed by atoms with van der Waals surface area (Å²) in [4.78, 5) is 0. The molecule has 1 aromatic rings. The van der Waals surface area contributed by atoms with E-state index in [2.05, 4.69) is 76.8 Å². The summed E-state index contributed by atoms with van der Waals surface area (Å²) < 4.78 is 6.03. The third-order valence-corrected chi connectivity index (χ3v) is 4.33. The van der Waals surface area contributed by atoms with Gasteiger partial charge in [0.2, 0.25) is 0 Å². The van der Waals surface area contributed by atoms with Gasteiger partial charge in [0.05, 0.1) is 12.2 Å². The maximum atomic E-state index is 6.03. The predicted octanol–water partition coefficient (Wildman–Crippen LogP) is 6.36. The molecule has 0 spiro atoms. The van der Waals surface area contributed by atoms with Gasteiger partial charge < -0.3 is 4.74 Å². The second-order valence-corrected chi connectivity index (χ2v) is 6.27. The highest BCUT2D eigenvalue weighted by Crippen LogP contribution is 2.20. The number of allylic oxidation sites excluding steroid dienone is 2. The summed E-state index contributed by atoms with van der Waals surface area (Å²) in [7, 11) is 0. The lowest BCUT2D eigenvalue weighted by Gasteiger charge is -2.25. The minimum absolute atomic E-state index is 0.263. The highest BCUT2D eigenvalue weighted by molar-refractivity contribution is 5.49. The van der Waals surface area contributed by atoms with E-state index in [-0.39, 0.29) is 5.60 Å². The molecule has 1 aromatic carbocycles. The molecular formula is C22H32O. The molecule has 1 rings (SSSR count). The van der Waals surface area contributed by atoms with E-state index in [1.54, 1.807) is 0 Å². The van der Waals surface area contributed by atoms with E-state index in [0.717, 1.165) is 25.7 Å². The molecule has 0 aliphatic heterocycles. The van der Waals surface area contributed by atoms with Crippen LogP contribution in [0.2, 0.25) is 0 Å². The van der Waals surface area contributed by atoms with E-state index in [1.165, 1.54) is 16.7 Å². The van der Waals surface area contributed by atoms with Crippen LogP contribution in [0.15, 0.2) is 54.6 Å². The monoisotopic (exact) mass is 312 g/mol. The Morgan fingerprint density at radius 3 is 2.48 bits per heavy atom. The van der Waals surface area contributed by atoms with E-state index in [1.807, 2.05) is 6.08 Å². The summed E-state index contributed by atoms with van der Waals surface area (Å²) in [5, 5.41) is 0. The molecule has 126 valence electrons. The van der Waals surface area contributed by atoms with Gasteiger partial charge in [-0.15, -0.1) is 6.58 Å². The van der Waals surface area contributed by atoms with Crippen LogP contribution in [0, 0.1) is 0 Å². The average molecular weight is 312 g/mol. The molecule has 0 saturated heterocycles. The van der Waals surface area contributed by atoms with Crippen molar-refractivity contribution in [3.63, 3.8) is 0 Å². The molecule has 1 unspecified atom stereocenters. The van der Waals surface area contributed by atoms with Crippen molar-refractivity contribution in [1.29, 1.82) is 0 Å². The second kappa shape index (κ2) is 10.2. The maximum Gasteiger partial charge on any atom is 0.0839 e. The third-order valence-electron chi connectivity index (χ3n) is 4.33. The van der Waals surface area contributed by atoms with Gasteiger partial charge in [-0.05, 0) is 50.7 Å². The van der Waals surface area contributed by atoms with Crippen molar-refractivity contribution in [2.45, 2.75) is 59.0 Å². The number of rotatable bonds is 10. The second-order valence-electron chi connectivity index (χ2n) is 6.27. The zero-order chi connectivity index (χ0) is 17.1. The van der Waals surface area contributed by atoms with Gasteiger partial charge in [-0.2, -0.15) is 0 Å². The Morgan fingerprint density at radius 1 is 1.22 bits per heavy atom. The summed E-state index contributed by atoms with van der Waals surface area (Å²) in [5.41, 5.74) is 3.76. The number of benzene rings is 1. The fourth-order valence-electron chi connectivity index (χ4n) is 2.27. The Balaban J connectivity index is 2.46. The quantitative estimate of drug-likeness (QED) is 0.457. The Bertz CT molecular complexity index is 521. The largest absolute Gasteiger partial charge is 0.367 e. The molecule has 0 fully saturated rings. The molecule has 0 bridgehead atoms. The molecular weight excluding hydrogens is 280 g/mol. The van der Waals surface area contributed by atoms with Gasteiger partial charge in [-0.3, -0.25) is 0 Å². The summed E-state index contributed by atoms with van der Waals surface area (Å²) in [6, 6.07) is 8.66. The van der Waals surface area contributed by atoms with Crippen molar-refractivity contribution in [2.24, 2.45) is 0 Å². The number of hydrogen-bond donors (Lipinski definition) is 0. The van der Waals surface area contributed by atoms with Crippen molar-refractivity contribution in [3.05, 3.63) is 65.8 Å². The highest BCUT2D eigenvalue weighted by atomic mass is 16.5. The lowest BCUT2D eigenvalue weighted by atomic mass is 9.99. The maximum absolute atomic E-state index is 6.03. The molecule has 0 aliphatic carbocycles. The van der Waals surface area contributed by atoms with E-state index < -0.39 is 0 Å². The summed E-state index contributed by atoms with van der Waals surface area (Å²) >= 11 is 0. The van der Waals surface area contributed by atoms with Crippen LogP contribution < -0.4 is 0 Å². The first-order valence-corrected chi connectivity index (χ1v) is 8.71. The van der Waals surface area contributed by atoms with E-state index in [0.29, 0.717) is 6.61 Å². The number of aryl methyl sites for hydroxylation is 1. The van der Waals surface area contributed by atoms with Crippen LogP contribution in [0.3, 0.4) is 0 Å². The minimum Gasteiger partial charge on any atom is -0.367 e. The summed E-state index contributed by atoms with van der Waals surface area (Å²) in [6.45, 7) is 13.2. The van der Waals surface area contributed by atoms with Crippen molar-refractivity contribution in [2.75, 3.05) is 6.61 Å². The molecule has 1 atom stereocenters.